The second kappa shape index (κ2) is 3.89. The highest BCUT2D eigenvalue weighted by atomic mass is 16.5. The van der Waals surface area contributed by atoms with E-state index >= 15 is 0 Å². The first kappa shape index (κ1) is 12.7. The van der Waals surface area contributed by atoms with Crippen molar-refractivity contribution in [1.82, 2.24) is 0 Å². The SMILES string of the molecule is CCC(C)C(=O)C1CC(C)(C)OC1(C)C. The van der Waals surface area contributed by atoms with Crippen LogP contribution >= 0.6 is 0 Å². The molecule has 0 amide bonds. The smallest absolute Gasteiger partial charge is 0.141 e. The van der Waals surface area contributed by atoms with Crippen LogP contribution in [-0.2, 0) is 9.53 Å². The highest BCUT2D eigenvalue weighted by Crippen LogP contribution is 2.43. The average Bonchev–Trinajstić information content (AvgIpc) is 2.31. The van der Waals surface area contributed by atoms with E-state index in [0.717, 1.165) is 12.8 Å². The largest absolute Gasteiger partial charge is 0.369 e. The van der Waals surface area contributed by atoms with Gasteiger partial charge in [0.25, 0.3) is 0 Å². The zero-order chi connectivity index (χ0) is 11.9. The van der Waals surface area contributed by atoms with Gasteiger partial charge in [0.05, 0.1) is 11.2 Å². The highest BCUT2D eigenvalue weighted by molar-refractivity contribution is 5.84. The molecule has 1 fully saturated rings. The van der Waals surface area contributed by atoms with Gasteiger partial charge in [0, 0.05) is 11.8 Å². The molecule has 0 aromatic rings. The number of hydrogen-bond acceptors (Lipinski definition) is 2. The Morgan fingerprint density at radius 1 is 1.40 bits per heavy atom. The molecular formula is C13H24O2. The number of carbonyl (C=O) groups is 1. The van der Waals surface area contributed by atoms with Gasteiger partial charge < -0.3 is 4.74 Å². The number of hydrogen-bond donors (Lipinski definition) is 0. The zero-order valence-corrected chi connectivity index (χ0v) is 10.9. The summed E-state index contributed by atoms with van der Waals surface area (Å²) in [6, 6.07) is 0. The van der Waals surface area contributed by atoms with Gasteiger partial charge in [0.1, 0.15) is 5.78 Å². The minimum atomic E-state index is -0.302. The first-order chi connectivity index (χ1) is 6.69. The van der Waals surface area contributed by atoms with E-state index < -0.39 is 0 Å². The minimum absolute atomic E-state index is 0.0578. The second-order valence-electron chi connectivity index (χ2n) is 5.93. The topological polar surface area (TPSA) is 26.3 Å². The monoisotopic (exact) mass is 212 g/mol. The summed E-state index contributed by atoms with van der Waals surface area (Å²) in [5, 5.41) is 0. The van der Waals surface area contributed by atoms with Gasteiger partial charge in [-0.05, 0) is 40.5 Å². The number of rotatable bonds is 3. The normalized spacial score (nSPS) is 30.1. The number of ether oxygens (including phenoxy) is 1. The van der Waals surface area contributed by atoms with Gasteiger partial charge in [0.2, 0.25) is 0 Å². The van der Waals surface area contributed by atoms with Crippen LogP contribution in [0.1, 0.15) is 54.4 Å². The van der Waals surface area contributed by atoms with Crippen molar-refractivity contribution < 1.29 is 9.53 Å². The molecule has 0 saturated carbocycles. The molecule has 0 bridgehead atoms. The molecule has 2 nitrogen and oxygen atoms in total. The van der Waals surface area contributed by atoms with Crippen LogP contribution in [0.3, 0.4) is 0 Å². The van der Waals surface area contributed by atoms with Crippen molar-refractivity contribution in [3.63, 3.8) is 0 Å². The Morgan fingerprint density at radius 3 is 2.27 bits per heavy atom. The van der Waals surface area contributed by atoms with E-state index in [1.807, 2.05) is 20.8 Å². The lowest BCUT2D eigenvalue weighted by molar-refractivity contribution is -0.132. The van der Waals surface area contributed by atoms with E-state index in [9.17, 15) is 4.79 Å². The van der Waals surface area contributed by atoms with Crippen molar-refractivity contribution in [3.05, 3.63) is 0 Å². The Hall–Kier alpha value is -0.370. The van der Waals surface area contributed by atoms with Crippen LogP contribution in [0.15, 0.2) is 0 Å². The summed E-state index contributed by atoms with van der Waals surface area (Å²) < 4.78 is 5.94. The summed E-state index contributed by atoms with van der Waals surface area (Å²) in [7, 11) is 0. The third-order valence-electron chi connectivity index (χ3n) is 3.52. The molecular weight excluding hydrogens is 188 g/mol. The van der Waals surface area contributed by atoms with Gasteiger partial charge in [-0.25, -0.2) is 0 Å². The van der Waals surface area contributed by atoms with E-state index in [2.05, 4.69) is 20.8 Å². The van der Waals surface area contributed by atoms with E-state index in [1.54, 1.807) is 0 Å². The van der Waals surface area contributed by atoms with Crippen LogP contribution in [0.5, 0.6) is 0 Å². The van der Waals surface area contributed by atoms with Gasteiger partial charge in [-0.2, -0.15) is 0 Å². The van der Waals surface area contributed by atoms with Crippen molar-refractivity contribution in [2.45, 2.75) is 65.6 Å². The molecule has 88 valence electrons. The maximum absolute atomic E-state index is 12.2. The molecule has 0 aromatic carbocycles. The van der Waals surface area contributed by atoms with Crippen LogP contribution in [0, 0.1) is 11.8 Å². The molecule has 2 heteroatoms. The molecule has 2 unspecified atom stereocenters. The summed E-state index contributed by atoms with van der Waals surface area (Å²) in [5.74, 6) is 0.585. The van der Waals surface area contributed by atoms with Gasteiger partial charge in [-0.3, -0.25) is 4.79 Å². The van der Waals surface area contributed by atoms with Crippen LogP contribution in [0.25, 0.3) is 0 Å². The average molecular weight is 212 g/mol. The van der Waals surface area contributed by atoms with Crippen molar-refractivity contribution in [1.29, 1.82) is 0 Å². The molecule has 1 saturated heterocycles. The molecule has 0 aromatic heterocycles. The predicted octanol–water partition coefficient (Wildman–Crippen LogP) is 3.20. The lowest BCUT2D eigenvalue weighted by Crippen LogP contribution is -2.36. The van der Waals surface area contributed by atoms with E-state index in [4.69, 9.17) is 4.74 Å². The molecule has 15 heavy (non-hydrogen) atoms. The Labute approximate surface area is 93.4 Å². The molecule has 0 N–H and O–H groups in total. The maximum Gasteiger partial charge on any atom is 0.141 e. The summed E-state index contributed by atoms with van der Waals surface area (Å²) in [6.45, 7) is 12.3. The van der Waals surface area contributed by atoms with Gasteiger partial charge >= 0.3 is 0 Å². The van der Waals surface area contributed by atoms with Crippen LogP contribution < -0.4 is 0 Å². The zero-order valence-electron chi connectivity index (χ0n) is 10.9. The first-order valence-electron chi connectivity index (χ1n) is 5.93. The molecule has 1 heterocycles. The van der Waals surface area contributed by atoms with Gasteiger partial charge in [-0.1, -0.05) is 13.8 Å². The number of Topliss-reactive ketones (excluding diaryl/α,β-unsaturated/α-hetero) is 1. The minimum Gasteiger partial charge on any atom is -0.369 e. The van der Waals surface area contributed by atoms with Gasteiger partial charge in [0.15, 0.2) is 0 Å². The summed E-state index contributed by atoms with van der Waals surface area (Å²) in [4.78, 5) is 12.2. The van der Waals surface area contributed by atoms with Crippen molar-refractivity contribution >= 4 is 5.78 Å². The molecule has 1 aliphatic rings. The fourth-order valence-electron chi connectivity index (χ4n) is 2.55. The lowest BCUT2D eigenvalue weighted by Gasteiger charge is -2.27. The molecule has 0 spiro atoms. The fraction of sp³-hybridized carbons (Fsp3) is 0.923. The Kier molecular flexibility index (Phi) is 3.30. The van der Waals surface area contributed by atoms with Crippen molar-refractivity contribution in [2.24, 2.45) is 11.8 Å². The fourth-order valence-corrected chi connectivity index (χ4v) is 2.55. The second-order valence-corrected chi connectivity index (χ2v) is 5.93. The maximum atomic E-state index is 12.2. The van der Waals surface area contributed by atoms with E-state index in [-0.39, 0.29) is 23.0 Å². The number of ketones is 1. The van der Waals surface area contributed by atoms with Crippen LogP contribution in [-0.4, -0.2) is 17.0 Å². The van der Waals surface area contributed by atoms with Crippen LogP contribution in [0.4, 0.5) is 0 Å². The lowest BCUT2D eigenvalue weighted by atomic mass is 9.79. The van der Waals surface area contributed by atoms with E-state index in [0.29, 0.717) is 5.78 Å². The molecule has 0 aliphatic carbocycles. The summed E-state index contributed by atoms with van der Waals surface area (Å²) in [5.41, 5.74) is -0.457. The quantitative estimate of drug-likeness (QED) is 0.718. The Morgan fingerprint density at radius 2 is 1.93 bits per heavy atom. The Bertz CT molecular complexity index is 253. The summed E-state index contributed by atoms with van der Waals surface area (Å²) in [6.07, 6.45) is 1.77. The van der Waals surface area contributed by atoms with Crippen LogP contribution in [0.2, 0.25) is 0 Å². The van der Waals surface area contributed by atoms with Crippen molar-refractivity contribution in [2.75, 3.05) is 0 Å². The molecule has 2 atom stereocenters. The highest BCUT2D eigenvalue weighted by Gasteiger charge is 2.49. The number of carbonyl (C=O) groups excluding carboxylic acids is 1. The molecule has 1 rings (SSSR count). The van der Waals surface area contributed by atoms with Gasteiger partial charge in [-0.15, -0.1) is 0 Å². The third kappa shape index (κ3) is 2.60. The predicted molar refractivity (Wildman–Crippen MR) is 61.8 cm³/mol. The third-order valence-corrected chi connectivity index (χ3v) is 3.52. The first-order valence-corrected chi connectivity index (χ1v) is 5.93. The molecule has 1 aliphatic heterocycles. The standard InChI is InChI=1S/C13H24O2/c1-7-9(2)11(14)10-8-12(3,4)15-13(10,5)6/h9-10H,7-8H2,1-6H3. The molecule has 0 radical (unpaired) electrons. The summed E-state index contributed by atoms with van der Waals surface area (Å²) >= 11 is 0. The Balaban J connectivity index is 2.83. The van der Waals surface area contributed by atoms with E-state index in [1.165, 1.54) is 0 Å². The van der Waals surface area contributed by atoms with Crippen molar-refractivity contribution in [3.8, 4) is 0 Å².